The molecular weight excluding hydrogens is 270 g/mol. The topological polar surface area (TPSA) is 72.9 Å². The van der Waals surface area contributed by atoms with Crippen molar-refractivity contribution in [2.24, 2.45) is 0 Å². The van der Waals surface area contributed by atoms with Crippen molar-refractivity contribution in [3.8, 4) is 0 Å². The lowest BCUT2D eigenvalue weighted by atomic mass is 9.91. The summed E-state index contributed by atoms with van der Waals surface area (Å²) in [4.78, 5) is 27.5. The van der Waals surface area contributed by atoms with Gasteiger partial charge in [-0.1, -0.05) is 13.3 Å². The molecule has 0 atom stereocenters. The maximum absolute atomic E-state index is 12.2. The fraction of sp³-hybridized carbons (Fsp3) is 0.867. The number of aliphatic hydroxyl groups excluding tert-OH is 1. The van der Waals surface area contributed by atoms with Gasteiger partial charge in [0.2, 0.25) is 11.8 Å². The first-order valence-corrected chi connectivity index (χ1v) is 7.94. The molecule has 0 bridgehead atoms. The lowest BCUT2D eigenvalue weighted by Gasteiger charge is -2.37. The summed E-state index contributed by atoms with van der Waals surface area (Å²) in [7, 11) is 1.67. The first kappa shape index (κ1) is 17.9. The molecule has 1 rings (SSSR count). The Hall–Kier alpha value is -1.14. The summed E-state index contributed by atoms with van der Waals surface area (Å²) < 4.78 is 0. The van der Waals surface area contributed by atoms with Gasteiger partial charge in [0.25, 0.3) is 0 Å². The van der Waals surface area contributed by atoms with Gasteiger partial charge in [-0.25, -0.2) is 0 Å². The van der Waals surface area contributed by atoms with Crippen molar-refractivity contribution in [1.82, 2.24) is 15.1 Å². The molecule has 122 valence electrons. The van der Waals surface area contributed by atoms with Gasteiger partial charge in [0.1, 0.15) is 0 Å². The molecule has 1 aliphatic rings. The van der Waals surface area contributed by atoms with Crippen LogP contribution in [0.4, 0.5) is 0 Å². The molecule has 1 aliphatic carbocycles. The quantitative estimate of drug-likeness (QED) is 0.605. The third-order valence-electron chi connectivity index (χ3n) is 3.91. The zero-order valence-corrected chi connectivity index (χ0v) is 13.3. The molecular formula is C15H29N3O3. The number of aliphatic hydroxyl groups is 1. The Morgan fingerprint density at radius 1 is 1.29 bits per heavy atom. The second kappa shape index (κ2) is 9.73. The summed E-state index contributed by atoms with van der Waals surface area (Å²) in [5, 5.41) is 11.7. The molecule has 0 aromatic heterocycles. The zero-order valence-electron chi connectivity index (χ0n) is 13.3. The van der Waals surface area contributed by atoms with Crippen LogP contribution in [0.15, 0.2) is 0 Å². The van der Waals surface area contributed by atoms with Crippen LogP contribution >= 0.6 is 0 Å². The highest BCUT2D eigenvalue weighted by Crippen LogP contribution is 2.24. The number of nitrogens with zero attached hydrogens (tertiary/aromatic N) is 2. The van der Waals surface area contributed by atoms with Crippen LogP contribution in [0.5, 0.6) is 0 Å². The predicted octanol–water partition coefficient (Wildman–Crippen LogP) is 0.208. The van der Waals surface area contributed by atoms with Crippen molar-refractivity contribution in [2.75, 3.05) is 39.8 Å². The van der Waals surface area contributed by atoms with Crippen LogP contribution in [-0.4, -0.2) is 72.6 Å². The largest absolute Gasteiger partial charge is 0.396 e. The highest BCUT2D eigenvalue weighted by atomic mass is 16.3. The molecule has 6 nitrogen and oxygen atoms in total. The first-order chi connectivity index (χ1) is 10.1. The molecule has 0 saturated heterocycles. The average molecular weight is 299 g/mol. The van der Waals surface area contributed by atoms with Crippen molar-refractivity contribution in [3.63, 3.8) is 0 Å². The average Bonchev–Trinajstić information content (AvgIpc) is 2.40. The van der Waals surface area contributed by atoms with E-state index in [1.54, 1.807) is 7.05 Å². The zero-order chi connectivity index (χ0) is 15.7. The van der Waals surface area contributed by atoms with Crippen LogP contribution in [0.1, 0.15) is 39.0 Å². The molecule has 0 radical (unpaired) electrons. The van der Waals surface area contributed by atoms with Crippen LogP contribution in [0.3, 0.4) is 0 Å². The van der Waals surface area contributed by atoms with Gasteiger partial charge in [-0.05, 0) is 25.7 Å². The maximum Gasteiger partial charge on any atom is 0.239 e. The summed E-state index contributed by atoms with van der Waals surface area (Å²) in [6, 6.07) is 0.461. The molecule has 2 amide bonds. The number of carbonyl (C=O) groups is 2. The third-order valence-corrected chi connectivity index (χ3v) is 3.91. The van der Waals surface area contributed by atoms with Gasteiger partial charge in [-0.3, -0.25) is 14.5 Å². The van der Waals surface area contributed by atoms with E-state index in [-0.39, 0.29) is 25.0 Å². The van der Waals surface area contributed by atoms with Crippen molar-refractivity contribution in [3.05, 3.63) is 0 Å². The first-order valence-electron chi connectivity index (χ1n) is 7.94. The van der Waals surface area contributed by atoms with Crippen molar-refractivity contribution in [2.45, 2.75) is 45.1 Å². The summed E-state index contributed by atoms with van der Waals surface area (Å²) >= 11 is 0. The lowest BCUT2D eigenvalue weighted by Crippen LogP contribution is -2.48. The fourth-order valence-electron chi connectivity index (χ4n) is 2.33. The van der Waals surface area contributed by atoms with Crippen LogP contribution in [-0.2, 0) is 9.59 Å². The number of hydrogen-bond acceptors (Lipinski definition) is 4. The van der Waals surface area contributed by atoms with E-state index in [4.69, 9.17) is 5.11 Å². The van der Waals surface area contributed by atoms with Gasteiger partial charge >= 0.3 is 0 Å². The maximum atomic E-state index is 12.2. The smallest absolute Gasteiger partial charge is 0.239 e. The minimum Gasteiger partial charge on any atom is -0.396 e. The SMILES string of the molecule is CCCNC(=O)CN(C)C(=O)CN(CCCO)C1CCC1. The van der Waals surface area contributed by atoms with E-state index in [9.17, 15) is 9.59 Å². The van der Waals surface area contributed by atoms with Crippen molar-refractivity contribution in [1.29, 1.82) is 0 Å². The van der Waals surface area contributed by atoms with E-state index >= 15 is 0 Å². The van der Waals surface area contributed by atoms with E-state index in [2.05, 4.69) is 10.2 Å². The highest BCUT2D eigenvalue weighted by Gasteiger charge is 2.27. The van der Waals surface area contributed by atoms with Gasteiger partial charge in [-0.2, -0.15) is 0 Å². The third kappa shape index (κ3) is 6.44. The second-order valence-electron chi connectivity index (χ2n) is 5.73. The molecule has 0 aromatic rings. The lowest BCUT2D eigenvalue weighted by molar-refractivity contribution is -0.136. The van der Waals surface area contributed by atoms with Crippen molar-refractivity contribution < 1.29 is 14.7 Å². The summed E-state index contributed by atoms with van der Waals surface area (Å²) in [6.07, 6.45) is 5.03. The fourth-order valence-corrected chi connectivity index (χ4v) is 2.33. The second-order valence-corrected chi connectivity index (χ2v) is 5.73. The molecule has 0 heterocycles. The Kier molecular flexibility index (Phi) is 8.30. The molecule has 1 saturated carbocycles. The Labute approximate surface area is 127 Å². The van der Waals surface area contributed by atoms with Gasteiger partial charge in [0.15, 0.2) is 0 Å². The van der Waals surface area contributed by atoms with Gasteiger partial charge < -0.3 is 15.3 Å². The minimum atomic E-state index is -0.113. The molecule has 2 N–H and O–H groups in total. The Morgan fingerprint density at radius 2 is 2.00 bits per heavy atom. The van der Waals surface area contributed by atoms with Crippen LogP contribution < -0.4 is 5.32 Å². The number of rotatable bonds is 10. The van der Waals surface area contributed by atoms with Gasteiger partial charge in [0, 0.05) is 32.8 Å². The van der Waals surface area contributed by atoms with Crippen LogP contribution in [0.2, 0.25) is 0 Å². The summed E-state index contributed by atoms with van der Waals surface area (Å²) in [6.45, 7) is 3.97. The molecule has 6 heteroatoms. The van der Waals surface area contributed by atoms with Crippen LogP contribution in [0, 0.1) is 0 Å². The number of nitrogens with one attached hydrogen (secondary N) is 1. The highest BCUT2D eigenvalue weighted by molar-refractivity contribution is 5.85. The number of carbonyl (C=O) groups excluding carboxylic acids is 2. The molecule has 0 unspecified atom stereocenters. The van der Waals surface area contributed by atoms with E-state index in [1.165, 1.54) is 11.3 Å². The number of amides is 2. The monoisotopic (exact) mass is 299 g/mol. The molecule has 1 fully saturated rings. The van der Waals surface area contributed by atoms with Crippen molar-refractivity contribution >= 4 is 11.8 Å². The molecule has 0 spiro atoms. The normalized spacial score (nSPS) is 14.9. The van der Waals surface area contributed by atoms with Gasteiger partial charge in [-0.15, -0.1) is 0 Å². The number of hydrogen-bond donors (Lipinski definition) is 2. The van der Waals surface area contributed by atoms with Gasteiger partial charge in [0.05, 0.1) is 13.1 Å². The van der Waals surface area contributed by atoms with Crippen LogP contribution in [0.25, 0.3) is 0 Å². The van der Waals surface area contributed by atoms with E-state index in [0.717, 1.165) is 25.8 Å². The van der Waals surface area contributed by atoms with E-state index < -0.39 is 0 Å². The standard InChI is InChI=1S/C15H29N3O3/c1-3-8-16-14(20)11-17(2)15(21)12-18(9-5-10-19)13-6-4-7-13/h13,19H,3-12H2,1-2H3,(H,16,20). The molecule has 21 heavy (non-hydrogen) atoms. The Morgan fingerprint density at radius 3 is 2.52 bits per heavy atom. The molecule has 0 aromatic carbocycles. The van der Waals surface area contributed by atoms with E-state index in [1.807, 2.05) is 6.92 Å². The summed E-state index contributed by atoms with van der Waals surface area (Å²) in [5.74, 6) is -0.148. The summed E-state index contributed by atoms with van der Waals surface area (Å²) in [5.41, 5.74) is 0. The number of likely N-dealkylation sites (N-methyl/N-ethyl adjacent to an activating group) is 1. The Bertz CT molecular complexity index is 332. The molecule has 0 aliphatic heterocycles. The van der Waals surface area contributed by atoms with E-state index in [0.29, 0.717) is 25.6 Å². The minimum absolute atomic E-state index is 0.0357. The Balaban J connectivity index is 2.38. The predicted molar refractivity (Wildman–Crippen MR) is 81.9 cm³/mol.